The molecule has 2 atom stereocenters. The van der Waals surface area contributed by atoms with Crippen molar-refractivity contribution in [2.75, 3.05) is 11.1 Å². The molecule has 0 spiro atoms. The van der Waals surface area contributed by atoms with Gasteiger partial charge in [0.1, 0.15) is 5.82 Å². The summed E-state index contributed by atoms with van der Waals surface area (Å²) in [5.41, 5.74) is 1.61. The average molecular weight is 239 g/mol. The second-order valence-corrected chi connectivity index (χ2v) is 5.92. The van der Waals surface area contributed by atoms with Crippen molar-refractivity contribution in [1.29, 1.82) is 0 Å². The maximum atomic E-state index is 13.4. The molecule has 1 saturated heterocycles. The molecule has 2 unspecified atom stereocenters. The van der Waals surface area contributed by atoms with E-state index in [0.29, 0.717) is 16.9 Å². The van der Waals surface area contributed by atoms with Crippen molar-refractivity contribution < 1.29 is 4.39 Å². The van der Waals surface area contributed by atoms with E-state index in [4.69, 9.17) is 0 Å². The first-order chi connectivity index (χ1) is 7.66. The number of anilines is 1. The van der Waals surface area contributed by atoms with Crippen molar-refractivity contribution in [3.8, 4) is 0 Å². The normalized spacial score (nSPS) is 25.4. The number of nitrogens with one attached hydrogen (secondary N) is 1. The van der Waals surface area contributed by atoms with Crippen LogP contribution in [-0.4, -0.2) is 17.0 Å². The summed E-state index contributed by atoms with van der Waals surface area (Å²) in [6.07, 6.45) is 2.44. The SMILES string of the molecule is Cc1ccc(NC2CCCSC2C)cc1F. The van der Waals surface area contributed by atoms with Crippen molar-refractivity contribution in [1.82, 2.24) is 0 Å². The van der Waals surface area contributed by atoms with Crippen molar-refractivity contribution in [3.63, 3.8) is 0 Å². The van der Waals surface area contributed by atoms with E-state index in [2.05, 4.69) is 12.2 Å². The number of aryl methyl sites for hydroxylation is 1. The first kappa shape index (κ1) is 11.8. The van der Waals surface area contributed by atoms with Gasteiger partial charge in [0.15, 0.2) is 0 Å². The van der Waals surface area contributed by atoms with E-state index in [1.165, 1.54) is 18.6 Å². The van der Waals surface area contributed by atoms with Crippen LogP contribution in [0.25, 0.3) is 0 Å². The molecule has 88 valence electrons. The van der Waals surface area contributed by atoms with Gasteiger partial charge in [0.2, 0.25) is 0 Å². The smallest absolute Gasteiger partial charge is 0.128 e. The van der Waals surface area contributed by atoms with E-state index in [-0.39, 0.29) is 5.82 Å². The lowest BCUT2D eigenvalue weighted by Gasteiger charge is -2.30. The van der Waals surface area contributed by atoms with E-state index in [9.17, 15) is 4.39 Å². The van der Waals surface area contributed by atoms with Crippen LogP contribution in [0.5, 0.6) is 0 Å². The van der Waals surface area contributed by atoms with Crippen LogP contribution in [0.2, 0.25) is 0 Å². The van der Waals surface area contributed by atoms with Gasteiger partial charge in [0.05, 0.1) is 0 Å². The van der Waals surface area contributed by atoms with Crippen LogP contribution < -0.4 is 5.32 Å². The van der Waals surface area contributed by atoms with Gasteiger partial charge >= 0.3 is 0 Å². The van der Waals surface area contributed by atoms with Crippen molar-refractivity contribution >= 4 is 17.4 Å². The molecule has 1 aromatic rings. The molecule has 1 fully saturated rings. The van der Waals surface area contributed by atoms with Gasteiger partial charge in [0.25, 0.3) is 0 Å². The number of thioether (sulfide) groups is 1. The Morgan fingerprint density at radius 1 is 1.44 bits per heavy atom. The summed E-state index contributed by atoms with van der Waals surface area (Å²) in [6, 6.07) is 5.87. The molecule has 2 rings (SSSR count). The standard InChI is InChI=1S/C13H18FNS/c1-9-5-6-11(8-12(9)14)15-13-4-3-7-16-10(13)2/h5-6,8,10,13,15H,3-4,7H2,1-2H3. The van der Waals surface area contributed by atoms with Crippen LogP contribution in [0, 0.1) is 12.7 Å². The highest BCUT2D eigenvalue weighted by atomic mass is 32.2. The Balaban J connectivity index is 2.05. The molecule has 0 aromatic heterocycles. The van der Waals surface area contributed by atoms with Gasteiger partial charge in [-0.05, 0) is 43.2 Å². The largest absolute Gasteiger partial charge is 0.381 e. The molecule has 0 radical (unpaired) electrons. The highest BCUT2D eigenvalue weighted by Crippen LogP contribution is 2.28. The Hall–Kier alpha value is -0.700. The predicted octanol–water partition coefficient (Wildman–Crippen LogP) is 3.83. The Kier molecular flexibility index (Phi) is 3.74. The minimum Gasteiger partial charge on any atom is -0.381 e. The fourth-order valence-corrected chi connectivity index (χ4v) is 3.15. The molecule has 1 nitrogen and oxygen atoms in total. The topological polar surface area (TPSA) is 12.0 Å². The lowest BCUT2D eigenvalue weighted by molar-refractivity contribution is 0.608. The number of benzene rings is 1. The lowest BCUT2D eigenvalue weighted by Crippen LogP contribution is -2.32. The first-order valence-corrected chi connectivity index (χ1v) is 6.86. The van der Waals surface area contributed by atoms with Crippen LogP contribution in [0.15, 0.2) is 18.2 Å². The van der Waals surface area contributed by atoms with Gasteiger partial charge < -0.3 is 5.32 Å². The van der Waals surface area contributed by atoms with Gasteiger partial charge in [-0.25, -0.2) is 4.39 Å². The first-order valence-electron chi connectivity index (χ1n) is 5.81. The van der Waals surface area contributed by atoms with Crippen LogP contribution >= 0.6 is 11.8 Å². The quantitative estimate of drug-likeness (QED) is 0.841. The molecule has 3 heteroatoms. The zero-order chi connectivity index (χ0) is 11.5. The zero-order valence-electron chi connectivity index (χ0n) is 9.79. The van der Waals surface area contributed by atoms with Gasteiger partial charge in [0, 0.05) is 17.0 Å². The maximum Gasteiger partial charge on any atom is 0.128 e. The summed E-state index contributed by atoms with van der Waals surface area (Å²) in [7, 11) is 0. The Bertz CT molecular complexity index is 367. The molecule has 1 aliphatic rings. The second kappa shape index (κ2) is 5.09. The molecule has 1 heterocycles. The van der Waals surface area contributed by atoms with Crippen LogP contribution in [-0.2, 0) is 0 Å². The molecule has 0 aliphatic carbocycles. The Morgan fingerprint density at radius 3 is 2.94 bits per heavy atom. The molecule has 0 amide bonds. The van der Waals surface area contributed by atoms with Gasteiger partial charge in [-0.2, -0.15) is 11.8 Å². The molecule has 1 aromatic carbocycles. The third kappa shape index (κ3) is 2.70. The molecule has 0 bridgehead atoms. The molecule has 0 saturated carbocycles. The lowest BCUT2D eigenvalue weighted by atomic mass is 10.1. The molecular weight excluding hydrogens is 221 g/mol. The summed E-state index contributed by atoms with van der Waals surface area (Å²) >= 11 is 2.00. The average Bonchev–Trinajstić information content (AvgIpc) is 2.27. The fraction of sp³-hybridized carbons (Fsp3) is 0.538. The molecule has 1 aliphatic heterocycles. The third-order valence-corrected chi connectivity index (χ3v) is 4.51. The number of hydrogen-bond donors (Lipinski definition) is 1. The van der Waals surface area contributed by atoms with Gasteiger partial charge in [-0.3, -0.25) is 0 Å². The summed E-state index contributed by atoms with van der Waals surface area (Å²) in [6.45, 7) is 4.03. The minimum absolute atomic E-state index is 0.124. The van der Waals surface area contributed by atoms with E-state index < -0.39 is 0 Å². The van der Waals surface area contributed by atoms with Gasteiger partial charge in [-0.1, -0.05) is 13.0 Å². The highest BCUT2D eigenvalue weighted by Gasteiger charge is 2.21. The Morgan fingerprint density at radius 2 is 2.25 bits per heavy atom. The van der Waals surface area contributed by atoms with E-state index in [1.54, 1.807) is 13.0 Å². The van der Waals surface area contributed by atoms with Crippen LogP contribution in [0.4, 0.5) is 10.1 Å². The number of halogens is 1. The van der Waals surface area contributed by atoms with E-state index >= 15 is 0 Å². The summed E-state index contributed by atoms with van der Waals surface area (Å²) in [4.78, 5) is 0. The third-order valence-electron chi connectivity index (χ3n) is 3.13. The van der Waals surface area contributed by atoms with Crippen LogP contribution in [0.3, 0.4) is 0 Å². The predicted molar refractivity (Wildman–Crippen MR) is 69.7 cm³/mol. The minimum atomic E-state index is -0.124. The maximum absolute atomic E-state index is 13.4. The fourth-order valence-electron chi connectivity index (χ4n) is 2.01. The monoisotopic (exact) mass is 239 g/mol. The zero-order valence-corrected chi connectivity index (χ0v) is 10.6. The molecular formula is C13H18FNS. The van der Waals surface area contributed by atoms with E-state index in [1.807, 2.05) is 23.9 Å². The number of hydrogen-bond acceptors (Lipinski definition) is 2. The number of rotatable bonds is 2. The Labute approximate surface area is 101 Å². The van der Waals surface area contributed by atoms with Crippen LogP contribution in [0.1, 0.15) is 25.3 Å². The van der Waals surface area contributed by atoms with Crippen molar-refractivity contribution in [2.45, 2.75) is 38.0 Å². The summed E-state index contributed by atoms with van der Waals surface area (Å²) < 4.78 is 13.4. The van der Waals surface area contributed by atoms with Crippen molar-refractivity contribution in [2.24, 2.45) is 0 Å². The van der Waals surface area contributed by atoms with E-state index in [0.717, 1.165) is 5.69 Å². The second-order valence-electron chi connectivity index (χ2n) is 4.43. The summed E-state index contributed by atoms with van der Waals surface area (Å²) in [5.74, 6) is 1.13. The highest BCUT2D eigenvalue weighted by molar-refractivity contribution is 8.00. The molecule has 1 N–H and O–H groups in total. The van der Waals surface area contributed by atoms with Gasteiger partial charge in [-0.15, -0.1) is 0 Å². The molecule has 16 heavy (non-hydrogen) atoms. The van der Waals surface area contributed by atoms with Crippen molar-refractivity contribution in [3.05, 3.63) is 29.6 Å². The summed E-state index contributed by atoms with van der Waals surface area (Å²) in [5, 5.41) is 4.05.